The van der Waals surface area contributed by atoms with Crippen LogP contribution in [0.2, 0.25) is 0 Å². The van der Waals surface area contributed by atoms with Gasteiger partial charge < -0.3 is 10.4 Å². The number of carbonyl (C=O) groups is 2. The second-order valence-corrected chi connectivity index (χ2v) is 4.73. The molecule has 1 saturated heterocycles. The standard InChI is InChI=1S/C12H22N2O3/c1-9(5-6-11(15)16)14-7-3-4-10(8-14)12(17)13-2/h9-10H,3-8H2,1-2H3,(H,13,17)(H,15,16). The van der Waals surface area contributed by atoms with Crippen molar-refractivity contribution in [3.63, 3.8) is 0 Å². The van der Waals surface area contributed by atoms with E-state index in [0.29, 0.717) is 6.42 Å². The highest BCUT2D eigenvalue weighted by Crippen LogP contribution is 2.20. The lowest BCUT2D eigenvalue weighted by molar-refractivity contribution is -0.137. The zero-order chi connectivity index (χ0) is 12.8. The number of nitrogens with one attached hydrogen (secondary N) is 1. The molecule has 0 radical (unpaired) electrons. The summed E-state index contributed by atoms with van der Waals surface area (Å²) in [6.07, 6.45) is 2.79. The molecule has 0 spiro atoms. The van der Waals surface area contributed by atoms with Gasteiger partial charge in [-0.25, -0.2) is 0 Å². The SMILES string of the molecule is CNC(=O)C1CCCN(C(C)CCC(=O)O)C1. The second kappa shape index (κ2) is 6.59. The van der Waals surface area contributed by atoms with Crippen LogP contribution in [0.25, 0.3) is 0 Å². The van der Waals surface area contributed by atoms with Crippen LogP contribution in [-0.4, -0.2) is 48.1 Å². The quantitative estimate of drug-likeness (QED) is 0.744. The Morgan fingerprint density at radius 3 is 2.82 bits per heavy atom. The number of aliphatic carboxylic acids is 1. The first-order valence-electron chi connectivity index (χ1n) is 6.22. The van der Waals surface area contributed by atoms with Crippen molar-refractivity contribution in [3.8, 4) is 0 Å². The third kappa shape index (κ3) is 4.34. The summed E-state index contributed by atoms with van der Waals surface area (Å²) in [4.78, 5) is 24.3. The lowest BCUT2D eigenvalue weighted by atomic mass is 9.95. The molecule has 2 unspecified atom stereocenters. The number of amides is 1. The Bertz CT molecular complexity index is 281. The summed E-state index contributed by atoms with van der Waals surface area (Å²) < 4.78 is 0. The molecule has 2 atom stereocenters. The number of carboxylic acids is 1. The number of hydrogen-bond acceptors (Lipinski definition) is 3. The van der Waals surface area contributed by atoms with E-state index in [2.05, 4.69) is 10.2 Å². The molecule has 0 aliphatic carbocycles. The van der Waals surface area contributed by atoms with E-state index in [9.17, 15) is 9.59 Å². The van der Waals surface area contributed by atoms with Gasteiger partial charge in [0, 0.05) is 26.1 Å². The lowest BCUT2D eigenvalue weighted by Crippen LogP contribution is -2.45. The molecule has 2 N–H and O–H groups in total. The van der Waals surface area contributed by atoms with Crippen LogP contribution in [0.1, 0.15) is 32.6 Å². The van der Waals surface area contributed by atoms with Gasteiger partial charge in [-0.15, -0.1) is 0 Å². The minimum atomic E-state index is -0.753. The van der Waals surface area contributed by atoms with Crippen LogP contribution in [-0.2, 0) is 9.59 Å². The zero-order valence-electron chi connectivity index (χ0n) is 10.6. The molecular formula is C12H22N2O3. The highest BCUT2D eigenvalue weighted by atomic mass is 16.4. The Morgan fingerprint density at radius 1 is 1.53 bits per heavy atom. The van der Waals surface area contributed by atoms with Gasteiger partial charge in [-0.3, -0.25) is 14.5 Å². The van der Waals surface area contributed by atoms with Gasteiger partial charge in [0.2, 0.25) is 5.91 Å². The van der Waals surface area contributed by atoms with E-state index in [1.807, 2.05) is 6.92 Å². The number of carboxylic acid groups (broad SMARTS) is 1. The molecular weight excluding hydrogens is 220 g/mol. The van der Waals surface area contributed by atoms with Crippen molar-refractivity contribution in [2.45, 2.75) is 38.6 Å². The van der Waals surface area contributed by atoms with Crippen molar-refractivity contribution < 1.29 is 14.7 Å². The predicted molar refractivity (Wildman–Crippen MR) is 64.7 cm³/mol. The predicted octanol–water partition coefficient (Wildman–Crippen LogP) is 0.698. The van der Waals surface area contributed by atoms with Crippen molar-refractivity contribution in [1.82, 2.24) is 10.2 Å². The van der Waals surface area contributed by atoms with Gasteiger partial charge >= 0.3 is 5.97 Å². The fourth-order valence-electron chi connectivity index (χ4n) is 2.34. The minimum absolute atomic E-state index is 0.0565. The molecule has 0 aromatic carbocycles. The summed E-state index contributed by atoms with van der Waals surface area (Å²) in [5, 5.41) is 11.3. The van der Waals surface area contributed by atoms with E-state index < -0.39 is 5.97 Å². The van der Waals surface area contributed by atoms with E-state index in [0.717, 1.165) is 25.9 Å². The number of rotatable bonds is 5. The van der Waals surface area contributed by atoms with Crippen molar-refractivity contribution in [3.05, 3.63) is 0 Å². The molecule has 1 aliphatic rings. The third-order valence-electron chi connectivity index (χ3n) is 3.47. The van der Waals surface area contributed by atoms with E-state index in [1.54, 1.807) is 7.05 Å². The van der Waals surface area contributed by atoms with Crippen LogP contribution in [0.3, 0.4) is 0 Å². The Balaban J connectivity index is 2.42. The first kappa shape index (κ1) is 14.0. The smallest absolute Gasteiger partial charge is 0.303 e. The molecule has 1 rings (SSSR count). The van der Waals surface area contributed by atoms with Gasteiger partial charge in [0.1, 0.15) is 0 Å². The number of carbonyl (C=O) groups excluding carboxylic acids is 1. The van der Waals surface area contributed by atoms with Crippen LogP contribution in [0, 0.1) is 5.92 Å². The second-order valence-electron chi connectivity index (χ2n) is 4.73. The van der Waals surface area contributed by atoms with Crippen LogP contribution in [0.5, 0.6) is 0 Å². The number of piperidine rings is 1. The van der Waals surface area contributed by atoms with Gasteiger partial charge in [0.15, 0.2) is 0 Å². The van der Waals surface area contributed by atoms with E-state index in [4.69, 9.17) is 5.11 Å². The highest BCUT2D eigenvalue weighted by Gasteiger charge is 2.27. The fraction of sp³-hybridized carbons (Fsp3) is 0.833. The van der Waals surface area contributed by atoms with Crippen LogP contribution in [0.15, 0.2) is 0 Å². The largest absolute Gasteiger partial charge is 0.481 e. The maximum Gasteiger partial charge on any atom is 0.303 e. The van der Waals surface area contributed by atoms with Gasteiger partial charge in [-0.1, -0.05) is 0 Å². The summed E-state index contributed by atoms with van der Waals surface area (Å²) in [6, 6.07) is 0.235. The summed E-state index contributed by atoms with van der Waals surface area (Å²) in [6.45, 7) is 3.75. The van der Waals surface area contributed by atoms with Gasteiger partial charge in [-0.2, -0.15) is 0 Å². The zero-order valence-corrected chi connectivity index (χ0v) is 10.6. The molecule has 1 amide bonds. The molecule has 0 saturated carbocycles. The molecule has 0 aromatic rings. The summed E-state index contributed by atoms with van der Waals surface area (Å²) >= 11 is 0. The summed E-state index contributed by atoms with van der Waals surface area (Å²) in [5.74, 6) is -0.599. The van der Waals surface area contributed by atoms with E-state index >= 15 is 0 Å². The number of likely N-dealkylation sites (tertiary alicyclic amines) is 1. The topological polar surface area (TPSA) is 69.6 Å². The first-order valence-corrected chi connectivity index (χ1v) is 6.22. The van der Waals surface area contributed by atoms with E-state index in [1.165, 1.54) is 0 Å². The molecule has 0 bridgehead atoms. The number of nitrogens with zero attached hydrogens (tertiary/aromatic N) is 1. The minimum Gasteiger partial charge on any atom is -0.481 e. The van der Waals surface area contributed by atoms with Crippen molar-refractivity contribution in [1.29, 1.82) is 0 Å². The normalized spacial score (nSPS) is 23.1. The van der Waals surface area contributed by atoms with Crippen LogP contribution >= 0.6 is 0 Å². The Hall–Kier alpha value is -1.10. The summed E-state index contributed by atoms with van der Waals surface area (Å²) in [7, 11) is 1.66. The lowest BCUT2D eigenvalue weighted by Gasteiger charge is -2.36. The molecule has 0 aromatic heterocycles. The fourth-order valence-corrected chi connectivity index (χ4v) is 2.34. The average Bonchev–Trinajstić information content (AvgIpc) is 2.35. The van der Waals surface area contributed by atoms with Gasteiger partial charge in [-0.05, 0) is 32.7 Å². The maximum absolute atomic E-state index is 11.6. The van der Waals surface area contributed by atoms with Crippen molar-refractivity contribution in [2.24, 2.45) is 5.92 Å². The molecule has 5 heteroatoms. The molecule has 1 aliphatic heterocycles. The molecule has 1 fully saturated rings. The average molecular weight is 242 g/mol. The first-order chi connectivity index (χ1) is 8.04. The Labute approximate surface area is 102 Å². The molecule has 1 heterocycles. The van der Waals surface area contributed by atoms with Crippen molar-refractivity contribution in [2.75, 3.05) is 20.1 Å². The molecule has 17 heavy (non-hydrogen) atoms. The third-order valence-corrected chi connectivity index (χ3v) is 3.47. The summed E-state index contributed by atoms with van der Waals surface area (Å²) in [5.41, 5.74) is 0. The maximum atomic E-state index is 11.6. The Morgan fingerprint density at radius 2 is 2.24 bits per heavy atom. The van der Waals surface area contributed by atoms with Crippen LogP contribution in [0.4, 0.5) is 0 Å². The van der Waals surface area contributed by atoms with Gasteiger partial charge in [0.05, 0.1) is 5.92 Å². The van der Waals surface area contributed by atoms with E-state index in [-0.39, 0.29) is 24.3 Å². The Kier molecular flexibility index (Phi) is 5.41. The number of hydrogen-bond donors (Lipinski definition) is 2. The molecule has 98 valence electrons. The van der Waals surface area contributed by atoms with Gasteiger partial charge in [0.25, 0.3) is 0 Å². The monoisotopic (exact) mass is 242 g/mol. The van der Waals surface area contributed by atoms with Crippen LogP contribution < -0.4 is 5.32 Å². The highest BCUT2D eigenvalue weighted by molar-refractivity contribution is 5.78. The molecule has 5 nitrogen and oxygen atoms in total. The van der Waals surface area contributed by atoms with Crippen molar-refractivity contribution >= 4 is 11.9 Å².